The summed E-state index contributed by atoms with van der Waals surface area (Å²) < 4.78 is 23.1. The second-order valence-electron chi connectivity index (χ2n) is 4.93. The molecule has 0 heterocycles. The Bertz CT molecular complexity index is 485. The third-order valence-electron chi connectivity index (χ3n) is 3.43. The van der Waals surface area contributed by atoms with Crippen LogP contribution < -0.4 is 5.32 Å². The summed E-state index contributed by atoms with van der Waals surface area (Å²) in [5.74, 6) is 0.838. The topological polar surface area (TPSA) is 46.2 Å². The van der Waals surface area contributed by atoms with Crippen LogP contribution in [0.3, 0.4) is 0 Å². The number of hydrogen-bond donors (Lipinski definition) is 1. The van der Waals surface area contributed by atoms with Gasteiger partial charge in [0, 0.05) is 17.3 Å². The molecule has 0 fully saturated rings. The highest BCUT2D eigenvalue weighted by Crippen LogP contribution is 2.23. The van der Waals surface area contributed by atoms with E-state index >= 15 is 0 Å². The van der Waals surface area contributed by atoms with Crippen molar-refractivity contribution in [1.82, 2.24) is 5.32 Å². The van der Waals surface area contributed by atoms with Gasteiger partial charge in [-0.3, -0.25) is 0 Å². The van der Waals surface area contributed by atoms with Crippen molar-refractivity contribution in [1.29, 1.82) is 0 Å². The molecule has 0 radical (unpaired) electrons. The average Bonchev–Trinajstić information content (AvgIpc) is 2.43. The molecular weight excluding hydrogens is 294 g/mol. The number of nitrogens with one attached hydrogen (secondary N) is 1. The highest BCUT2D eigenvalue weighted by atomic mass is 35.5. The minimum absolute atomic E-state index is 0.228. The first-order valence-electron chi connectivity index (χ1n) is 7.15. The minimum atomic E-state index is -2.87. The summed E-state index contributed by atoms with van der Waals surface area (Å²) in [6.07, 6.45) is 1.57. The van der Waals surface area contributed by atoms with Crippen LogP contribution in [0.25, 0.3) is 0 Å². The molecule has 0 saturated heterocycles. The summed E-state index contributed by atoms with van der Waals surface area (Å²) >= 11 is 5.91. The molecule has 1 N–H and O–H groups in total. The first kappa shape index (κ1) is 17.5. The van der Waals surface area contributed by atoms with E-state index in [1.54, 1.807) is 6.92 Å². The molecule has 0 saturated carbocycles. The molecule has 114 valence electrons. The maximum absolute atomic E-state index is 11.5. The van der Waals surface area contributed by atoms with Crippen LogP contribution in [0.4, 0.5) is 0 Å². The average molecular weight is 318 g/mol. The van der Waals surface area contributed by atoms with Crippen LogP contribution in [0.1, 0.15) is 38.2 Å². The Morgan fingerprint density at radius 1 is 1.20 bits per heavy atom. The second-order valence-corrected chi connectivity index (χ2v) is 7.84. The van der Waals surface area contributed by atoms with Gasteiger partial charge in [0.15, 0.2) is 0 Å². The Morgan fingerprint density at radius 2 is 1.85 bits per heavy atom. The molecule has 5 heteroatoms. The van der Waals surface area contributed by atoms with Crippen LogP contribution >= 0.6 is 11.6 Å². The van der Waals surface area contributed by atoms with Crippen LogP contribution in [0.5, 0.6) is 0 Å². The maximum Gasteiger partial charge on any atom is 0.150 e. The van der Waals surface area contributed by atoms with Gasteiger partial charge in [-0.15, -0.1) is 0 Å². The third-order valence-corrected chi connectivity index (χ3v) is 5.47. The van der Waals surface area contributed by atoms with E-state index in [2.05, 4.69) is 12.2 Å². The quantitative estimate of drug-likeness (QED) is 0.760. The number of likely N-dealkylation sites (N-methyl/N-ethyl adjacent to an activating group) is 1. The molecule has 1 aromatic carbocycles. The van der Waals surface area contributed by atoms with Gasteiger partial charge in [-0.25, -0.2) is 8.42 Å². The van der Waals surface area contributed by atoms with Crippen LogP contribution in [0.2, 0.25) is 5.02 Å². The van der Waals surface area contributed by atoms with E-state index < -0.39 is 9.84 Å². The van der Waals surface area contributed by atoms with E-state index in [0.717, 1.165) is 24.5 Å². The lowest BCUT2D eigenvalue weighted by Crippen LogP contribution is -2.22. The predicted molar refractivity (Wildman–Crippen MR) is 86.3 cm³/mol. The summed E-state index contributed by atoms with van der Waals surface area (Å²) in [5.41, 5.74) is 1.21. The highest BCUT2D eigenvalue weighted by molar-refractivity contribution is 7.91. The summed E-state index contributed by atoms with van der Waals surface area (Å²) in [6.45, 7) is 5.55. The Morgan fingerprint density at radius 3 is 2.40 bits per heavy atom. The van der Waals surface area contributed by atoms with Crippen molar-refractivity contribution in [2.45, 2.75) is 32.6 Å². The van der Waals surface area contributed by atoms with Gasteiger partial charge >= 0.3 is 0 Å². The van der Waals surface area contributed by atoms with Gasteiger partial charge < -0.3 is 5.32 Å². The fourth-order valence-electron chi connectivity index (χ4n) is 2.13. The molecule has 1 atom stereocenters. The molecule has 3 nitrogen and oxygen atoms in total. The van der Waals surface area contributed by atoms with Crippen molar-refractivity contribution in [2.75, 3.05) is 24.6 Å². The third kappa shape index (κ3) is 6.25. The Labute approximate surface area is 127 Å². The minimum Gasteiger partial charge on any atom is -0.316 e. The smallest absolute Gasteiger partial charge is 0.150 e. The van der Waals surface area contributed by atoms with E-state index in [1.165, 1.54) is 5.56 Å². The van der Waals surface area contributed by atoms with Crippen molar-refractivity contribution in [3.63, 3.8) is 0 Å². The molecule has 0 aliphatic heterocycles. The molecule has 0 spiro atoms. The number of sulfone groups is 1. The van der Waals surface area contributed by atoms with Crippen molar-refractivity contribution in [2.24, 2.45) is 0 Å². The van der Waals surface area contributed by atoms with Gasteiger partial charge in [-0.1, -0.05) is 37.6 Å². The summed E-state index contributed by atoms with van der Waals surface area (Å²) in [4.78, 5) is 0. The van der Waals surface area contributed by atoms with Gasteiger partial charge in [0.05, 0.1) is 5.75 Å². The maximum atomic E-state index is 11.5. The fraction of sp³-hybridized carbons (Fsp3) is 0.600. The molecule has 20 heavy (non-hydrogen) atoms. The highest BCUT2D eigenvalue weighted by Gasteiger charge is 2.13. The molecule has 0 aliphatic rings. The Balaban J connectivity index is 2.62. The van der Waals surface area contributed by atoms with E-state index in [1.807, 2.05) is 24.3 Å². The molecule has 0 aromatic heterocycles. The molecule has 1 aromatic rings. The lowest BCUT2D eigenvalue weighted by molar-refractivity contribution is 0.548. The number of benzene rings is 1. The number of hydrogen-bond acceptors (Lipinski definition) is 3. The van der Waals surface area contributed by atoms with E-state index in [0.29, 0.717) is 12.3 Å². The summed E-state index contributed by atoms with van der Waals surface area (Å²) in [7, 11) is -2.87. The normalized spacial score (nSPS) is 13.3. The largest absolute Gasteiger partial charge is 0.316 e. The molecule has 0 amide bonds. The summed E-state index contributed by atoms with van der Waals surface area (Å²) in [6, 6.07) is 7.83. The lowest BCUT2D eigenvalue weighted by Gasteiger charge is -2.18. The van der Waals surface area contributed by atoms with Crippen molar-refractivity contribution < 1.29 is 8.42 Å². The van der Waals surface area contributed by atoms with E-state index in [4.69, 9.17) is 11.6 Å². The van der Waals surface area contributed by atoms with Crippen molar-refractivity contribution in [3.05, 3.63) is 34.9 Å². The van der Waals surface area contributed by atoms with E-state index in [-0.39, 0.29) is 11.5 Å². The van der Waals surface area contributed by atoms with Gasteiger partial charge in [-0.05, 0) is 43.0 Å². The molecule has 1 rings (SSSR count). The predicted octanol–water partition coefficient (Wildman–Crippen LogP) is 3.25. The fourth-order valence-corrected chi connectivity index (χ4v) is 3.16. The molecule has 1 unspecified atom stereocenters. The number of halogens is 1. The van der Waals surface area contributed by atoms with Gasteiger partial charge in [0.25, 0.3) is 0 Å². The van der Waals surface area contributed by atoms with Crippen molar-refractivity contribution >= 4 is 21.4 Å². The second kappa shape index (κ2) is 8.65. The zero-order valence-corrected chi connectivity index (χ0v) is 13.8. The SMILES string of the molecule is CCNCC(CCCS(=O)(=O)CC)c1ccc(Cl)cc1. The standard InChI is InChI=1S/C15H24ClNO2S/c1-3-17-12-14(6-5-11-20(18,19)4-2)13-7-9-15(16)10-8-13/h7-10,14,17H,3-6,11-12H2,1-2H3. The molecule has 0 aliphatic carbocycles. The monoisotopic (exact) mass is 317 g/mol. The summed E-state index contributed by atoms with van der Waals surface area (Å²) in [5, 5.41) is 4.07. The zero-order valence-electron chi connectivity index (χ0n) is 12.2. The molecular formula is C15H24ClNO2S. The zero-order chi connectivity index (χ0) is 15.0. The Kier molecular flexibility index (Phi) is 7.56. The van der Waals surface area contributed by atoms with Crippen molar-refractivity contribution in [3.8, 4) is 0 Å². The van der Waals surface area contributed by atoms with Crippen LogP contribution in [0, 0.1) is 0 Å². The van der Waals surface area contributed by atoms with Gasteiger partial charge in [-0.2, -0.15) is 0 Å². The van der Waals surface area contributed by atoms with Crippen LogP contribution in [-0.2, 0) is 9.84 Å². The van der Waals surface area contributed by atoms with Crippen LogP contribution in [0.15, 0.2) is 24.3 Å². The van der Waals surface area contributed by atoms with Crippen LogP contribution in [-0.4, -0.2) is 33.0 Å². The number of rotatable bonds is 9. The molecule has 0 bridgehead atoms. The Hall–Kier alpha value is -0.580. The lowest BCUT2D eigenvalue weighted by atomic mass is 9.94. The first-order chi connectivity index (χ1) is 9.48. The van der Waals surface area contributed by atoms with Gasteiger partial charge in [0.2, 0.25) is 0 Å². The van der Waals surface area contributed by atoms with E-state index in [9.17, 15) is 8.42 Å². The van der Waals surface area contributed by atoms with Gasteiger partial charge in [0.1, 0.15) is 9.84 Å². The first-order valence-corrected chi connectivity index (χ1v) is 9.35.